The van der Waals surface area contributed by atoms with Crippen molar-refractivity contribution in [3.63, 3.8) is 0 Å². The monoisotopic (exact) mass is 314 g/mol. The van der Waals surface area contributed by atoms with Crippen molar-refractivity contribution in [2.24, 2.45) is 0 Å². The van der Waals surface area contributed by atoms with Crippen LogP contribution in [0.1, 0.15) is 24.5 Å². The summed E-state index contributed by atoms with van der Waals surface area (Å²) >= 11 is 0. The molecule has 0 spiro atoms. The van der Waals surface area contributed by atoms with E-state index in [9.17, 15) is 8.42 Å². The van der Waals surface area contributed by atoms with Crippen LogP contribution in [-0.4, -0.2) is 46.6 Å². The van der Waals surface area contributed by atoms with E-state index < -0.39 is 10.0 Å². The summed E-state index contributed by atoms with van der Waals surface area (Å²) in [6, 6.07) is 5.29. The molecule has 1 rings (SSSR count). The summed E-state index contributed by atoms with van der Waals surface area (Å²) in [5, 5.41) is 3.31. The number of rotatable bonds is 9. The number of nitrogens with one attached hydrogen (secondary N) is 1. The minimum atomic E-state index is -3.46. The molecule has 0 saturated carbocycles. The van der Waals surface area contributed by atoms with Crippen LogP contribution < -0.4 is 5.32 Å². The number of ether oxygens (including phenoxy) is 1. The van der Waals surface area contributed by atoms with E-state index in [1.807, 2.05) is 13.0 Å². The molecule has 0 bridgehead atoms. The lowest BCUT2D eigenvalue weighted by atomic mass is 10.1. The fraction of sp³-hybridized carbons (Fsp3) is 0.600. The molecule has 0 amide bonds. The lowest BCUT2D eigenvalue weighted by Gasteiger charge is -2.18. The summed E-state index contributed by atoms with van der Waals surface area (Å²) in [6.45, 7) is 6.43. The Hall–Kier alpha value is -0.950. The summed E-state index contributed by atoms with van der Waals surface area (Å²) in [5.74, 6) is 0. The highest BCUT2D eigenvalue weighted by molar-refractivity contribution is 7.89. The molecule has 0 unspecified atom stereocenters. The quantitative estimate of drug-likeness (QED) is 0.706. The number of methoxy groups -OCH3 is 1. The zero-order valence-corrected chi connectivity index (χ0v) is 14.2. The van der Waals surface area contributed by atoms with Gasteiger partial charge in [0.1, 0.15) is 0 Å². The molecule has 0 aliphatic heterocycles. The number of sulfonamides is 1. The minimum Gasteiger partial charge on any atom is -0.383 e. The van der Waals surface area contributed by atoms with E-state index >= 15 is 0 Å². The van der Waals surface area contributed by atoms with Gasteiger partial charge in [-0.3, -0.25) is 0 Å². The summed E-state index contributed by atoms with van der Waals surface area (Å²) < 4.78 is 31.2. The average molecular weight is 314 g/mol. The maximum absolute atomic E-state index is 12.5. The van der Waals surface area contributed by atoms with E-state index in [4.69, 9.17) is 4.74 Å². The highest BCUT2D eigenvalue weighted by atomic mass is 32.2. The normalized spacial score (nSPS) is 12.0. The van der Waals surface area contributed by atoms with Crippen molar-refractivity contribution < 1.29 is 13.2 Å². The van der Waals surface area contributed by atoms with Crippen LogP contribution in [0.15, 0.2) is 23.1 Å². The number of nitrogens with zero attached hydrogens (tertiary/aromatic N) is 1. The minimum absolute atomic E-state index is 0.333. The summed E-state index contributed by atoms with van der Waals surface area (Å²) in [6.07, 6.45) is 1.05. The molecule has 21 heavy (non-hydrogen) atoms. The molecule has 0 saturated heterocycles. The van der Waals surface area contributed by atoms with Crippen LogP contribution in [0.25, 0.3) is 0 Å². The van der Waals surface area contributed by atoms with Crippen LogP contribution >= 0.6 is 0 Å². The zero-order chi connectivity index (χ0) is 15.9. The molecule has 0 aliphatic carbocycles. The van der Waals surface area contributed by atoms with Crippen molar-refractivity contribution in [1.82, 2.24) is 9.62 Å². The fourth-order valence-electron chi connectivity index (χ4n) is 1.92. The first-order valence-electron chi connectivity index (χ1n) is 7.19. The maximum atomic E-state index is 12.5. The molecule has 1 N–H and O–H groups in total. The van der Waals surface area contributed by atoms with E-state index in [0.29, 0.717) is 24.6 Å². The van der Waals surface area contributed by atoms with E-state index in [1.165, 1.54) is 4.31 Å². The Morgan fingerprint density at radius 2 is 2.05 bits per heavy atom. The SMILES string of the molecule is CCCNCc1cc(S(=O)(=O)N(C)CCOC)ccc1C. The molecule has 0 atom stereocenters. The van der Waals surface area contributed by atoms with Gasteiger partial charge in [-0.25, -0.2) is 8.42 Å². The largest absolute Gasteiger partial charge is 0.383 e. The van der Waals surface area contributed by atoms with Crippen molar-refractivity contribution in [3.05, 3.63) is 29.3 Å². The van der Waals surface area contributed by atoms with Crippen LogP contribution in [-0.2, 0) is 21.3 Å². The molecule has 0 fully saturated rings. The van der Waals surface area contributed by atoms with Crippen molar-refractivity contribution in [2.45, 2.75) is 31.7 Å². The Bertz CT molecular complexity index is 544. The number of hydrogen-bond donors (Lipinski definition) is 1. The van der Waals surface area contributed by atoms with E-state index in [0.717, 1.165) is 24.1 Å². The van der Waals surface area contributed by atoms with Gasteiger partial charge in [0, 0.05) is 27.2 Å². The standard InChI is InChI=1S/C15H26N2O3S/c1-5-8-16-12-14-11-15(7-6-13(14)2)21(18,19)17(3)9-10-20-4/h6-7,11,16H,5,8-10,12H2,1-4H3. The smallest absolute Gasteiger partial charge is 0.242 e. The Balaban J connectivity index is 2.94. The van der Waals surface area contributed by atoms with Crippen LogP contribution in [0.4, 0.5) is 0 Å². The molecular weight excluding hydrogens is 288 g/mol. The molecular formula is C15H26N2O3S. The first kappa shape index (κ1) is 18.1. The molecule has 6 heteroatoms. The van der Waals surface area contributed by atoms with Gasteiger partial charge in [-0.15, -0.1) is 0 Å². The summed E-state index contributed by atoms with van der Waals surface area (Å²) in [7, 11) is -0.324. The van der Waals surface area contributed by atoms with Gasteiger partial charge in [0.2, 0.25) is 10.0 Å². The van der Waals surface area contributed by atoms with Crippen molar-refractivity contribution in [1.29, 1.82) is 0 Å². The molecule has 120 valence electrons. The predicted molar refractivity (Wildman–Crippen MR) is 84.9 cm³/mol. The van der Waals surface area contributed by atoms with Gasteiger partial charge in [0.05, 0.1) is 11.5 Å². The maximum Gasteiger partial charge on any atom is 0.242 e. The first-order valence-corrected chi connectivity index (χ1v) is 8.63. The van der Waals surface area contributed by atoms with Gasteiger partial charge in [-0.2, -0.15) is 4.31 Å². The third kappa shape index (κ3) is 5.07. The lowest BCUT2D eigenvalue weighted by Crippen LogP contribution is -2.30. The van der Waals surface area contributed by atoms with Crippen LogP contribution in [0.3, 0.4) is 0 Å². The molecule has 5 nitrogen and oxygen atoms in total. The third-order valence-electron chi connectivity index (χ3n) is 3.38. The van der Waals surface area contributed by atoms with Crippen LogP contribution in [0, 0.1) is 6.92 Å². The number of aryl methyl sites for hydroxylation is 1. The Morgan fingerprint density at radius 3 is 2.67 bits per heavy atom. The van der Waals surface area contributed by atoms with Gasteiger partial charge in [0.25, 0.3) is 0 Å². The Labute approximate surface area is 128 Å². The lowest BCUT2D eigenvalue weighted by molar-refractivity contribution is 0.185. The van der Waals surface area contributed by atoms with E-state index in [-0.39, 0.29) is 0 Å². The summed E-state index contributed by atoms with van der Waals surface area (Å²) in [4.78, 5) is 0.333. The van der Waals surface area contributed by atoms with Crippen molar-refractivity contribution >= 4 is 10.0 Å². The van der Waals surface area contributed by atoms with Gasteiger partial charge >= 0.3 is 0 Å². The number of benzene rings is 1. The van der Waals surface area contributed by atoms with Gasteiger partial charge in [-0.1, -0.05) is 13.0 Å². The molecule has 1 aromatic carbocycles. The van der Waals surface area contributed by atoms with Crippen LogP contribution in [0.5, 0.6) is 0 Å². The Kier molecular flexibility index (Phi) is 7.31. The molecule has 0 aromatic heterocycles. The van der Waals surface area contributed by atoms with E-state index in [1.54, 1.807) is 26.3 Å². The topological polar surface area (TPSA) is 58.6 Å². The predicted octanol–water partition coefficient (Wildman–Crippen LogP) is 1.76. The second-order valence-corrected chi connectivity index (χ2v) is 7.13. The first-order chi connectivity index (χ1) is 9.93. The highest BCUT2D eigenvalue weighted by Crippen LogP contribution is 2.18. The second kappa shape index (κ2) is 8.48. The second-order valence-electron chi connectivity index (χ2n) is 5.08. The highest BCUT2D eigenvalue weighted by Gasteiger charge is 2.21. The van der Waals surface area contributed by atoms with Crippen molar-refractivity contribution in [2.75, 3.05) is 33.9 Å². The molecule has 1 aromatic rings. The van der Waals surface area contributed by atoms with Gasteiger partial charge in [-0.05, 0) is 43.1 Å². The number of hydrogen-bond acceptors (Lipinski definition) is 4. The van der Waals surface area contributed by atoms with Crippen molar-refractivity contribution in [3.8, 4) is 0 Å². The molecule has 0 heterocycles. The zero-order valence-electron chi connectivity index (χ0n) is 13.3. The summed E-state index contributed by atoms with van der Waals surface area (Å²) in [5.41, 5.74) is 2.11. The number of likely N-dealkylation sites (N-methyl/N-ethyl adjacent to an activating group) is 1. The van der Waals surface area contributed by atoms with Gasteiger partial charge in [0.15, 0.2) is 0 Å². The Morgan fingerprint density at radius 1 is 1.33 bits per heavy atom. The third-order valence-corrected chi connectivity index (χ3v) is 5.23. The van der Waals surface area contributed by atoms with Crippen LogP contribution in [0.2, 0.25) is 0 Å². The molecule has 0 aliphatic rings. The van der Waals surface area contributed by atoms with E-state index in [2.05, 4.69) is 12.2 Å². The van der Waals surface area contributed by atoms with Gasteiger partial charge < -0.3 is 10.1 Å². The fourth-order valence-corrected chi connectivity index (χ4v) is 3.12. The molecule has 0 radical (unpaired) electrons. The average Bonchev–Trinajstić information content (AvgIpc) is 2.46.